The Morgan fingerprint density at radius 3 is 3.08 bits per heavy atom. The SMILES string of the molecule is COc1ccccc1[C@@H]1C[C@H]1NC(=O)N1CCOc2cccnc21. The lowest BCUT2D eigenvalue weighted by molar-refractivity contribution is 0.239. The van der Waals surface area contributed by atoms with Crippen LogP contribution < -0.4 is 19.7 Å². The standard InChI is InChI=1S/C18H19N3O3/c1-23-15-6-3-2-5-12(15)13-11-14(13)20-18(22)21-9-10-24-16-7-4-8-19-17(16)21/h2-8,13-14H,9-11H2,1H3,(H,20,22)/t13-,14+/m0/s1. The fourth-order valence-corrected chi connectivity index (χ4v) is 3.16. The maximum Gasteiger partial charge on any atom is 0.323 e. The molecule has 0 bridgehead atoms. The van der Waals surface area contributed by atoms with Gasteiger partial charge in [-0.2, -0.15) is 0 Å². The first kappa shape index (κ1) is 14.8. The van der Waals surface area contributed by atoms with E-state index in [1.807, 2.05) is 24.3 Å². The van der Waals surface area contributed by atoms with Crippen molar-refractivity contribution >= 4 is 11.8 Å². The van der Waals surface area contributed by atoms with Crippen molar-refractivity contribution in [3.8, 4) is 11.5 Å². The number of nitrogens with zero attached hydrogens (tertiary/aromatic N) is 2. The number of nitrogens with one attached hydrogen (secondary N) is 1. The maximum atomic E-state index is 12.6. The van der Waals surface area contributed by atoms with Gasteiger partial charge in [-0.3, -0.25) is 4.90 Å². The molecule has 1 saturated carbocycles. The third-order valence-corrected chi connectivity index (χ3v) is 4.46. The van der Waals surface area contributed by atoms with Crippen molar-refractivity contribution in [2.75, 3.05) is 25.2 Å². The Kier molecular flexibility index (Phi) is 3.72. The number of para-hydroxylation sites is 1. The van der Waals surface area contributed by atoms with Crippen LogP contribution in [-0.2, 0) is 0 Å². The summed E-state index contributed by atoms with van der Waals surface area (Å²) in [4.78, 5) is 18.6. The van der Waals surface area contributed by atoms with E-state index in [2.05, 4.69) is 16.4 Å². The number of methoxy groups -OCH3 is 1. The van der Waals surface area contributed by atoms with Crippen LogP contribution in [0.3, 0.4) is 0 Å². The maximum absolute atomic E-state index is 12.6. The van der Waals surface area contributed by atoms with Gasteiger partial charge < -0.3 is 14.8 Å². The second-order valence-corrected chi connectivity index (χ2v) is 5.97. The summed E-state index contributed by atoms with van der Waals surface area (Å²) in [5, 5.41) is 3.10. The molecule has 2 heterocycles. The molecule has 24 heavy (non-hydrogen) atoms. The second kappa shape index (κ2) is 6.03. The highest BCUT2D eigenvalue weighted by Gasteiger charge is 2.42. The van der Waals surface area contributed by atoms with Gasteiger partial charge in [0, 0.05) is 18.2 Å². The van der Waals surface area contributed by atoms with Crippen molar-refractivity contribution in [1.82, 2.24) is 10.3 Å². The van der Waals surface area contributed by atoms with Crippen molar-refractivity contribution < 1.29 is 14.3 Å². The summed E-state index contributed by atoms with van der Waals surface area (Å²) >= 11 is 0. The molecule has 2 aliphatic rings. The highest BCUT2D eigenvalue weighted by atomic mass is 16.5. The van der Waals surface area contributed by atoms with Crippen LogP contribution >= 0.6 is 0 Å². The Bertz CT molecular complexity index is 765. The molecule has 6 heteroatoms. The van der Waals surface area contributed by atoms with Crippen LogP contribution in [0, 0.1) is 0 Å². The van der Waals surface area contributed by atoms with E-state index in [-0.39, 0.29) is 12.1 Å². The van der Waals surface area contributed by atoms with E-state index < -0.39 is 0 Å². The number of carbonyl (C=O) groups excluding carboxylic acids is 1. The molecule has 1 aromatic heterocycles. The van der Waals surface area contributed by atoms with E-state index in [0.717, 1.165) is 17.7 Å². The van der Waals surface area contributed by atoms with E-state index >= 15 is 0 Å². The van der Waals surface area contributed by atoms with Gasteiger partial charge in [-0.05, 0) is 30.2 Å². The van der Waals surface area contributed by atoms with Crippen LogP contribution in [-0.4, -0.2) is 37.3 Å². The number of anilines is 1. The fraction of sp³-hybridized carbons (Fsp3) is 0.333. The zero-order valence-corrected chi connectivity index (χ0v) is 13.4. The summed E-state index contributed by atoms with van der Waals surface area (Å²) in [7, 11) is 1.67. The number of hydrogen-bond acceptors (Lipinski definition) is 4. The largest absolute Gasteiger partial charge is 0.496 e. The third-order valence-electron chi connectivity index (χ3n) is 4.46. The van der Waals surface area contributed by atoms with Crippen molar-refractivity contribution in [3.05, 3.63) is 48.2 Å². The van der Waals surface area contributed by atoms with Crippen molar-refractivity contribution in [3.63, 3.8) is 0 Å². The molecule has 1 aliphatic heterocycles. The van der Waals surface area contributed by atoms with Gasteiger partial charge in [-0.1, -0.05) is 18.2 Å². The normalized spacial score (nSPS) is 21.5. The highest BCUT2D eigenvalue weighted by molar-refractivity contribution is 5.93. The summed E-state index contributed by atoms with van der Waals surface area (Å²) in [5.74, 6) is 2.40. The molecular formula is C18H19N3O3. The number of benzene rings is 1. The highest BCUT2D eigenvalue weighted by Crippen LogP contribution is 2.44. The van der Waals surface area contributed by atoms with Crippen LogP contribution in [0.5, 0.6) is 11.5 Å². The second-order valence-electron chi connectivity index (χ2n) is 5.97. The Morgan fingerprint density at radius 1 is 1.33 bits per heavy atom. The van der Waals surface area contributed by atoms with Crippen LogP contribution in [0.25, 0.3) is 0 Å². The molecule has 0 saturated heterocycles. The lowest BCUT2D eigenvalue weighted by Crippen LogP contribution is -2.45. The molecule has 1 N–H and O–H groups in total. The Hall–Kier alpha value is -2.76. The Balaban J connectivity index is 1.45. The van der Waals surface area contributed by atoms with Gasteiger partial charge in [0.1, 0.15) is 12.4 Å². The summed E-state index contributed by atoms with van der Waals surface area (Å²) < 4.78 is 11.0. The average Bonchev–Trinajstić information content (AvgIpc) is 3.40. The van der Waals surface area contributed by atoms with Crippen LogP contribution in [0.2, 0.25) is 0 Å². The minimum Gasteiger partial charge on any atom is -0.496 e. The van der Waals surface area contributed by atoms with E-state index in [0.29, 0.717) is 30.6 Å². The molecule has 2 atom stereocenters. The molecule has 0 radical (unpaired) electrons. The number of pyridine rings is 1. The minimum atomic E-state index is -0.124. The first-order valence-corrected chi connectivity index (χ1v) is 8.06. The molecule has 1 aliphatic carbocycles. The van der Waals surface area contributed by atoms with Crippen molar-refractivity contribution in [2.45, 2.75) is 18.4 Å². The van der Waals surface area contributed by atoms with Gasteiger partial charge in [-0.25, -0.2) is 9.78 Å². The van der Waals surface area contributed by atoms with Gasteiger partial charge in [0.25, 0.3) is 0 Å². The molecule has 1 aromatic carbocycles. The zero-order chi connectivity index (χ0) is 16.5. The molecule has 124 valence electrons. The van der Waals surface area contributed by atoms with Crippen LogP contribution in [0.4, 0.5) is 10.6 Å². The first-order chi connectivity index (χ1) is 11.8. The van der Waals surface area contributed by atoms with Crippen LogP contribution in [0.15, 0.2) is 42.6 Å². The van der Waals surface area contributed by atoms with Crippen molar-refractivity contribution in [2.24, 2.45) is 0 Å². The molecule has 4 rings (SSSR count). The molecular weight excluding hydrogens is 306 g/mol. The molecule has 1 fully saturated rings. The predicted octanol–water partition coefficient (Wildman–Crippen LogP) is 2.55. The molecule has 2 aromatic rings. The van der Waals surface area contributed by atoms with Crippen LogP contribution in [0.1, 0.15) is 17.9 Å². The number of urea groups is 1. The fourth-order valence-electron chi connectivity index (χ4n) is 3.16. The third kappa shape index (κ3) is 2.64. The number of aromatic nitrogens is 1. The average molecular weight is 325 g/mol. The summed E-state index contributed by atoms with van der Waals surface area (Å²) in [6.07, 6.45) is 2.59. The lowest BCUT2D eigenvalue weighted by Gasteiger charge is -2.28. The smallest absolute Gasteiger partial charge is 0.323 e. The lowest BCUT2D eigenvalue weighted by atomic mass is 10.1. The number of rotatable bonds is 3. The van der Waals surface area contributed by atoms with E-state index in [1.54, 1.807) is 24.3 Å². The van der Waals surface area contributed by atoms with Gasteiger partial charge in [-0.15, -0.1) is 0 Å². The zero-order valence-electron chi connectivity index (χ0n) is 13.4. The van der Waals surface area contributed by atoms with E-state index in [1.165, 1.54) is 0 Å². The topological polar surface area (TPSA) is 63.7 Å². The molecule has 2 amide bonds. The minimum absolute atomic E-state index is 0.124. The molecule has 0 unspecified atom stereocenters. The summed E-state index contributed by atoms with van der Waals surface area (Å²) in [5.41, 5.74) is 1.14. The number of ether oxygens (including phenoxy) is 2. The van der Waals surface area contributed by atoms with E-state index in [9.17, 15) is 4.79 Å². The Labute approximate surface area is 140 Å². The number of amides is 2. The number of carbonyl (C=O) groups is 1. The summed E-state index contributed by atoms with van der Waals surface area (Å²) in [6, 6.07) is 11.6. The van der Waals surface area contributed by atoms with Crippen molar-refractivity contribution in [1.29, 1.82) is 0 Å². The van der Waals surface area contributed by atoms with E-state index in [4.69, 9.17) is 9.47 Å². The van der Waals surface area contributed by atoms with Gasteiger partial charge >= 0.3 is 6.03 Å². The molecule has 0 spiro atoms. The quantitative estimate of drug-likeness (QED) is 0.942. The Morgan fingerprint density at radius 2 is 2.21 bits per heavy atom. The number of fused-ring (bicyclic) bond motifs is 1. The predicted molar refractivity (Wildman–Crippen MR) is 89.7 cm³/mol. The molecule has 6 nitrogen and oxygen atoms in total. The summed E-state index contributed by atoms with van der Waals surface area (Å²) in [6.45, 7) is 0.981. The monoisotopic (exact) mass is 325 g/mol. The van der Waals surface area contributed by atoms with Gasteiger partial charge in [0.2, 0.25) is 0 Å². The first-order valence-electron chi connectivity index (χ1n) is 8.06. The van der Waals surface area contributed by atoms with Gasteiger partial charge in [0.05, 0.1) is 13.7 Å². The number of hydrogen-bond donors (Lipinski definition) is 1. The van der Waals surface area contributed by atoms with Gasteiger partial charge in [0.15, 0.2) is 11.6 Å².